The summed E-state index contributed by atoms with van der Waals surface area (Å²) in [4.78, 5) is 103. The summed E-state index contributed by atoms with van der Waals surface area (Å²) in [7, 11) is 1.39. The van der Waals surface area contributed by atoms with E-state index in [-0.39, 0.29) is 49.1 Å². The van der Waals surface area contributed by atoms with Crippen molar-refractivity contribution in [3.63, 3.8) is 0 Å². The molecule has 7 atom stereocenters. The third-order valence-corrected chi connectivity index (χ3v) is 9.72. The number of aromatic nitrogens is 2. The van der Waals surface area contributed by atoms with E-state index in [1.807, 2.05) is 6.92 Å². The van der Waals surface area contributed by atoms with Crippen molar-refractivity contribution in [1.29, 1.82) is 0 Å². The van der Waals surface area contributed by atoms with Crippen molar-refractivity contribution < 1.29 is 43.4 Å². The molecule has 1 aliphatic rings. The molecule has 1 unspecified atom stereocenters. The normalized spacial score (nSPS) is 18.3. The molecule has 1 aromatic carbocycles. The summed E-state index contributed by atoms with van der Waals surface area (Å²) >= 11 is 0. The molecule has 15 nitrogen and oxygen atoms in total. The Morgan fingerprint density at radius 1 is 0.962 bits per heavy atom. The first kappa shape index (κ1) is 42.4. The second kappa shape index (κ2) is 20.3. The molecule has 2 aromatic rings. The zero-order valence-corrected chi connectivity index (χ0v) is 31.2. The Kier molecular flexibility index (Phi) is 16.2. The van der Waals surface area contributed by atoms with Crippen molar-refractivity contribution in [3.05, 3.63) is 60.2 Å². The van der Waals surface area contributed by atoms with Gasteiger partial charge in [-0.1, -0.05) is 70.9 Å². The van der Waals surface area contributed by atoms with E-state index in [1.165, 1.54) is 30.6 Å². The van der Waals surface area contributed by atoms with Crippen molar-refractivity contribution in [2.24, 2.45) is 17.8 Å². The zero-order chi connectivity index (χ0) is 39.2. The fourth-order valence-electron chi connectivity index (χ4n) is 6.47. The highest BCUT2D eigenvalue weighted by atomic mass is 16.5. The number of hydrogen-bond donors (Lipinski definition) is 4. The molecule has 53 heavy (non-hydrogen) atoms. The predicted octanol–water partition coefficient (Wildman–Crippen LogP) is 2.13. The summed E-state index contributed by atoms with van der Waals surface area (Å²) in [6.07, 6.45) is 4.59. The summed E-state index contributed by atoms with van der Waals surface area (Å²) < 4.78 is 5.49. The molecule has 0 spiro atoms. The smallest absolute Gasteiger partial charge is 0.326 e. The summed E-state index contributed by atoms with van der Waals surface area (Å²) in [5.74, 6) is -7.01. The number of benzene rings is 1. The molecule has 2 heterocycles. The number of methoxy groups -OCH3 is 1. The largest absolute Gasteiger partial charge is 0.480 e. The van der Waals surface area contributed by atoms with E-state index in [4.69, 9.17) is 4.74 Å². The van der Waals surface area contributed by atoms with Gasteiger partial charge in [0.15, 0.2) is 5.78 Å². The predicted molar refractivity (Wildman–Crippen MR) is 193 cm³/mol. The van der Waals surface area contributed by atoms with Crippen LogP contribution in [0.25, 0.3) is 0 Å². The Labute approximate surface area is 310 Å². The zero-order valence-electron chi connectivity index (χ0n) is 31.2. The number of carboxylic acid groups (broad SMARTS) is 1. The lowest BCUT2D eigenvalue weighted by atomic mass is 9.88. The Hall–Kier alpha value is -5.05. The Morgan fingerprint density at radius 2 is 1.66 bits per heavy atom. The van der Waals surface area contributed by atoms with Crippen LogP contribution in [0.15, 0.2) is 48.9 Å². The number of Topliss-reactive ketones (excluding diaryl/α,β-unsaturated/α-hetero) is 2. The van der Waals surface area contributed by atoms with Gasteiger partial charge >= 0.3 is 5.97 Å². The minimum atomic E-state index is -1.38. The maximum atomic E-state index is 14.3. The lowest BCUT2D eigenvalue weighted by Gasteiger charge is -2.34. The molecule has 0 saturated carbocycles. The maximum absolute atomic E-state index is 14.3. The summed E-state index contributed by atoms with van der Waals surface area (Å²) in [6.45, 7) is 9.01. The van der Waals surface area contributed by atoms with Crippen LogP contribution in [0.4, 0.5) is 0 Å². The van der Waals surface area contributed by atoms with E-state index >= 15 is 0 Å². The average molecular weight is 737 g/mol. The molecule has 3 rings (SSSR count). The topological polar surface area (TPSA) is 214 Å². The van der Waals surface area contributed by atoms with Gasteiger partial charge in [0.1, 0.15) is 23.8 Å². The minimum Gasteiger partial charge on any atom is -0.480 e. The molecule has 15 heteroatoms. The van der Waals surface area contributed by atoms with Crippen molar-refractivity contribution >= 4 is 41.2 Å². The number of nitrogens with one attached hydrogen (secondary N) is 3. The molecular weight excluding hydrogens is 684 g/mol. The highest BCUT2D eigenvalue weighted by Gasteiger charge is 2.45. The monoisotopic (exact) mass is 736 g/mol. The van der Waals surface area contributed by atoms with Gasteiger partial charge in [-0.05, 0) is 37.2 Å². The average Bonchev–Trinajstić information content (AvgIpc) is 3.59. The van der Waals surface area contributed by atoms with E-state index in [0.717, 1.165) is 0 Å². The van der Waals surface area contributed by atoms with Crippen LogP contribution in [-0.4, -0.2) is 105 Å². The highest BCUT2D eigenvalue weighted by molar-refractivity contribution is 6.38. The van der Waals surface area contributed by atoms with E-state index < -0.39 is 71.6 Å². The van der Waals surface area contributed by atoms with Gasteiger partial charge in [-0.2, -0.15) is 0 Å². The van der Waals surface area contributed by atoms with E-state index in [2.05, 4.69) is 25.9 Å². The third-order valence-electron chi connectivity index (χ3n) is 9.72. The second-order valence-corrected chi connectivity index (χ2v) is 13.7. The van der Waals surface area contributed by atoms with Crippen molar-refractivity contribution in [3.8, 4) is 0 Å². The summed E-state index contributed by atoms with van der Waals surface area (Å²) in [5, 5.41) is 17.5. The second-order valence-electron chi connectivity index (χ2n) is 13.7. The van der Waals surface area contributed by atoms with Crippen LogP contribution in [0.2, 0.25) is 0 Å². The molecule has 1 aliphatic heterocycles. The van der Waals surface area contributed by atoms with Gasteiger partial charge in [0.25, 0.3) is 5.91 Å². The molecule has 1 fully saturated rings. The van der Waals surface area contributed by atoms with Crippen LogP contribution in [0.3, 0.4) is 0 Å². The van der Waals surface area contributed by atoms with Gasteiger partial charge in [-0.3, -0.25) is 33.8 Å². The number of ether oxygens (including phenoxy) is 1. The van der Waals surface area contributed by atoms with Crippen molar-refractivity contribution in [1.82, 2.24) is 30.8 Å². The van der Waals surface area contributed by atoms with Crippen LogP contribution >= 0.6 is 0 Å². The van der Waals surface area contributed by atoms with Crippen LogP contribution < -0.4 is 16.0 Å². The fourth-order valence-corrected chi connectivity index (χ4v) is 6.47. The third kappa shape index (κ3) is 11.5. The van der Waals surface area contributed by atoms with Gasteiger partial charge in [-0.15, -0.1) is 0 Å². The molecule has 0 aliphatic carbocycles. The first-order valence-corrected chi connectivity index (χ1v) is 18.1. The molecule has 0 bridgehead atoms. The van der Waals surface area contributed by atoms with E-state index in [1.54, 1.807) is 58.0 Å². The molecule has 288 valence electrons. The van der Waals surface area contributed by atoms with Gasteiger partial charge in [0, 0.05) is 44.8 Å². The first-order chi connectivity index (χ1) is 25.2. The number of carbonyl (C=O) groups is 7. The number of aliphatic carboxylic acids is 1. The van der Waals surface area contributed by atoms with E-state index in [9.17, 15) is 38.7 Å². The Balaban J connectivity index is 1.79. The van der Waals surface area contributed by atoms with Crippen LogP contribution in [-0.2, 0) is 39.9 Å². The molecule has 1 aromatic heterocycles. The van der Waals surface area contributed by atoms with Gasteiger partial charge < -0.3 is 30.7 Å². The summed E-state index contributed by atoms with van der Waals surface area (Å²) in [6, 6.07) is 3.73. The molecule has 1 saturated heterocycles. The van der Waals surface area contributed by atoms with Crippen molar-refractivity contribution in [2.75, 3.05) is 13.7 Å². The highest BCUT2D eigenvalue weighted by Crippen LogP contribution is 2.29. The number of amides is 4. The summed E-state index contributed by atoms with van der Waals surface area (Å²) in [5.41, 5.74) is 0.766. The van der Waals surface area contributed by atoms with E-state index in [0.29, 0.717) is 24.8 Å². The number of carboxylic acids is 1. The number of nitrogens with zero attached hydrogens (tertiary/aromatic N) is 3. The number of carbonyl (C=O) groups excluding carboxylic acids is 6. The lowest BCUT2D eigenvalue weighted by Crippen LogP contribution is -2.60. The SMILES string of the molecule is CCCC(NC(=O)[C@@H]1[C@@H](CC)CCN1C(=O)[C@@H](NC(=O)[C@@H](CC(=O)c1cnccn1)C(C)C)[C@@H](C)OC)C(=O)C(=O)N[C@@H](Cc1ccccc1)C(=O)O. The fraction of sp³-hybridized carbons (Fsp3) is 0.553. The lowest BCUT2D eigenvalue weighted by molar-refractivity contribution is -0.147. The quantitative estimate of drug-likeness (QED) is 0.114. The standard InChI is InChI=1S/C38H52N6O9/c1-7-12-27(33(46)36(49)42-28(38(51)52)19-24-13-10-9-11-14-24)41-35(48)32-25(8-2)15-18-44(32)37(50)31(23(5)53-6)43-34(47)26(22(3)4)20-30(45)29-21-39-16-17-40-29/h9-11,13-14,16-17,21-23,25-28,31-32H,7-8,12,15,18-20H2,1-6H3,(H,41,48)(H,42,49)(H,43,47)(H,51,52)/t23-,25+,26+,27?,28+,31+,32+/m1/s1. The molecular formula is C38H52N6O9. The van der Waals surface area contributed by atoms with Gasteiger partial charge in [0.05, 0.1) is 18.3 Å². The van der Waals surface area contributed by atoms with Crippen LogP contribution in [0.1, 0.15) is 82.8 Å². The Bertz CT molecular complexity index is 1590. The first-order valence-electron chi connectivity index (χ1n) is 18.1. The molecule has 4 amide bonds. The molecule has 0 radical (unpaired) electrons. The maximum Gasteiger partial charge on any atom is 0.326 e. The van der Waals surface area contributed by atoms with Crippen molar-refractivity contribution in [2.45, 2.75) is 103 Å². The number of ketones is 2. The van der Waals surface area contributed by atoms with Gasteiger partial charge in [-0.25, -0.2) is 9.78 Å². The number of hydrogen-bond acceptors (Lipinski definition) is 10. The van der Waals surface area contributed by atoms with Crippen LogP contribution in [0, 0.1) is 17.8 Å². The Morgan fingerprint density at radius 3 is 2.23 bits per heavy atom. The number of rotatable bonds is 20. The van der Waals surface area contributed by atoms with Gasteiger partial charge in [0.2, 0.25) is 23.5 Å². The molecule has 4 N–H and O–H groups in total. The minimum absolute atomic E-state index is 0.0507. The number of likely N-dealkylation sites (tertiary alicyclic amines) is 1. The van der Waals surface area contributed by atoms with Crippen LogP contribution in [0.5, 0.6) is 0 Å².